The molecule has 3 nitrogen and oxygen atoms in total. The van der Waals surface area contributed by atoms with Crippen LogP contribution in [0.4, 0.5) is 0 Å². The molecule has 0 radical (unpaired) electrons. The predicted octanol–water partition coefficient (Wildman–Crippen LogP) is 3.84. The molecule has 0 aliphatic rings. The third-order valence-corrected chi connectivity index (χ3v) is 3.95. The van der Waals surface area contributed by atoms with E-state index < -0.39 is 0 Å². The van der Waals surface area contributed by atoms with Crippen molar-refractivity contribution in [3.05, 3.63) is 52.5 Å². The molecule has 2 rings (SSSR count). The number of nitrogens with one attached hydrogen (secondary N) is 1. The smallest absolute Gasteiger partial charge is 0.109 e. The molecular weight excluding hydrogens is 254 g/mol. The van der Waals surface area contributed by atoms with Crippen LogP contribution < -0.4 is 5.32 Å². The Morgan fingerprint density at radius 2 is 2.11 bits per heavy atom. The van der Waals surface area contributed by atoms with E-state index in [4.69, 9.17) is 5.26 Å². The molecule has 1 aromatic carbocycles. The third-order valence-electron chi connectivity index (χ3n) is 3.06. The Morgan fingerprint density at radius 1 is 1.32 bits per heavy atom. The third kappa shape index (κ3) is 3.63. The van der Waals surface area contributed by atoms with Crippen molar-refractivity contribution in [1.29, 1.82) is 5.26 Å². The van der Waals surface area contributed by atoms with Gasteiger partial charge in [0.05, 0.1) is 18.5 Å². The van der Waals surface area contributed by atoms with Gasteiger partial charge in [0.1, 0.15) is 5.01 Å². The van der Waals surface area contributed by atoms with Gasteiger partial charge in [-0.15, -0.1) is 11.3 Å². The molecule has 0 spiro atoms. The molecule has 0 saturated carbocycles. The molecule has 2 atom stereocenters. The van der Waals surface area contributed by atoms with E-state index in [-0.39, 0.29) is 12.1 Å². The largest absolute Gasteiger partial charge is 0.300 e. The molecule has 19 heavy (non-hydrogen) atoms. The van der Waals surface area contributed by atoms with Crippen LogP contribution in [0.2, 0.25) is 0 Å². The van der Waals surface area contributed by atoms with Gasteiger partial charge in [-0.05, 0) is 12.0 Å². The number of aromatic nitrogens is 1. The van der Waals surface area contributed by atoms with Crippen LogP contribution in [0.3, 0.4) is 0 Å². The van der Waals surface area contributed by atoms with E-state index in [1.165, 1.54) is 0 Å². The lowest BCUT2D eigenvalue weighted by atomic mass is 10.0. The van der Waals surface area contributed by atoms with Gasteiger partial charge in [0.25, 0.3) is 0 Å². The zero-order chi connectivity index (χ0) is 13.5. The van der Waals surface area contributed by atoms with Crippen molar-refractivity contribution in [3.8, 4) is 6.07 Å². The summed E-state index contributed by atoms with van der Waals surface area (Å²) >= 11 is 1.65. The van der Waals surface area contributed by atoms with Crippen molar-refractivity contribution in [1.82, 2.24) is 10.3 Å². The second-order valence-corrected chi connectivity index (χ2v) is 5.25. The number of benzene rings is 1. The first-order valence-corrected chi connectivity index (χ1v) is 7.30. The van der Waals surface area contributed by atoms with Gasteiger partial charge in [-0.1, -0.05) is 37.3 Å². The first-order chi connectivity index (χ1) is 9.35. The Morgan fingerprint density at radius 3 is 2.68 bits per heavy atom. The zero-order valence-electron chi connectivity index (χ0n) is 10.9. The van der Waals surface area contributed by atoms with Gasteiger partial charge >= 0.3 is 0 Å². The maximum atomic E-state index is 9.01. The summed E-state index contributed by atoms with van der Waals surface area (Å²) in [7, 11) is 0. The number of nitriles is 1. The predicted molar refractivity (Wildman–Crippen MR) is 77.7 cm³/mol. The number of hydrogen-bond donors (Lipinski definition) is 1. The van der Waals surface area contributed by atoms with Gasteiger partial charge in [-0.2, -0.15) is 5.26 Å². The fourth-order valence-electron chi connectivity index (χ4n) is 2.06. The van der Waals surface area contributed by atoms with E-state index >= 15 is 0 Å². The van der Waals surface area contributed by atoms with E-state index in [0.29, 0.717) is 6.42 Å². The molecular formula is C15H17N3S. The molecule has 1 heterocycles. The van der Waals surface area contributed by atoms with E-state index in [0.717, 1.165) is 17.0 Å². The highest BCUT2D eigenvalue weighted by molar-refractivity contribution is 7.09. The summed E-state index contributed by atoms with van der Waals surface area (Å²) < 4.78 is 0. The molecule has 0 fully saturated rings. The highest BCUT2D eigenvalue weighted by Gasteiger charge is 2.18. The minimum absolute atomic E-state index is 0.0556. The summed E-state index contributed by atoms with van der Waals surface area (Å²) in [5.74, 6) is 0. The van der Waals surface area contributed by atoms with E-state index in [2.05, 4.69) is 35.4 Å². The summed E-state index contributed by atoms with van der Waals surface area (Å²) in [4.78, 5) is 4.37. The van der Waals surface area contributed by atoms with Crippen molar-refractivity contribution in [2.24, 2.45) is 0 Å². The molecule has 4 heteroatoms. The highest BCUT2D eigenvalue weighted by atomic mass is 32.1. The topological polar surface area (TPSA) is 48.7 Å². The van der Waals surface area contributed by atoms with Crippen LogP contribution in [-0.4, -0.2) is 4.98 Å². The van der Waals surface area contributed by atoms with Crippen LogP contribution in [0.25, 0.3) is 0 Å². The molecule has 0 bridgehead atoms. The van der Waals surface area contributed by atoms with Crippen LogP contribution in [0.1, 0.15) is 42.4 Å². The minimum atomic E-state index is 0.0556. The van der Waals surface area contributed by atoms with Gasteiger partial charge in [0, 0.05) is 17.6 Å². The second-order valence-electron chi connectivity index (χ2n) is 4.32. The number of thiazole rings is 1. The Balaban J connectivity index is 2.14. The maximum absolute atomic E-state index is 9.01. The number of nitrogens with zero attached hydrogens (tertiary/aromatic N) is 2. The van der Waals surface area contributed by atoms with E-state index in [1.807, 2.05) is 29.8 Å². The quantitative estimate of drug-likeness (QED) is 0.868. The molecule has 0 saturated heterocycles. The van der Waals surface area contributed by atoms with Gasteiger partial charge in [-0.25, -0.2) is 4.98 Å². The van der Waals surface area contributed by atoms with E-state index in [1.54, 1.807) is 11.3 Å². The van der Waals surface area contributed by atoms with Crippen molar-refractivity contribution in [3.63, 3.8) is 0 Å². The van der Waals surface area contributed by atoms with Crippen LogP contribution in [0.15, 0.2) is 41.9 Å². The lowest BCUT2D eigenvalue weighted by molar-refractivity contribution is 0.437. The van der Waals surface area contributed by atoms with Crippen molar-refractivity contribution in [2.75, 3.05) is 0 Å². The first kappa shape index (κ1) is 13.7. The number of hydrogen-bond acceptors (Lipinski definition) is 4. The molecule has 2 unspecified atom stereocenters. The molecule has 98 valence electrons. The van der Waals surface area contributed by atoms with Crippen LogP contribution >= 0.6 is 11.3 Å². The van der Waals surface area contributed by atoms with E-state index in [9.17, 15) is 0 Å². The minimum Gasteiger partial charge on any atom is -0.300 e. The Labute approximate surface area is 117 Å². The van der Waals surface area contributed by atoms with Crippen molar-refractivity contribution < 1.29 is 0 Å². The fourth-order valence-corrected chi connectivity index (χ4v) is 2.84. The molecule has 0 aliphatic carbocycles. The standard InChI is InChI=1S/C15H17N3S/c1-2-13(15-17-10-11-19-15)18-14(8-9-16)12-6-4-3-5-7-12/h3-7,10-11,13-14,18H,2,8H2,1H3. The van der Waals surface area contributed by atoms with Gasteiger partial charge < -0.3 is 5.32 Å². The summed E-state index contributed by atoms with van der Waals surface area (Å²) in [6.45, 7) is 2.13. The van der Waals surface area contributed by atoms with Crippen LogP contribution in [0, 0.1) is 11.3 Å². The Hall–Kier alpha value is -1.70. The summed E-state index contributed by atoms with van der Waals surface area (Å²) in [5.41, 5.74) is 1.15. The molecule has 2 aromatic rings. The SMILES string of the molecule is CCC(NC(CC#N)c1ccccc1)c1nccs1. The zero-order valence-corrected chi connectivity index (χ0v) is 11.7. The number of rotatable bonds is 6. The average Bonchev–Trinajstić information content (AvgIpc) is 2.98. The molecule has 1 aromatic heterocycles. The first-order valence-electron chi connectivity index (χ1n) is 6.42. The lowest BCUT2D eigenvalue weighted by Gasteiger charge is -2.22. The summed E-state index contributed by atoms with van der Waals surface area (Å²) in [6, 6.07) is 12.6. The lowest BCUT2D eigenvalue weighted by Crippen LogP contribution is -2.26. The highest BCUT2D eigenvalue weighted by Crippen LogP contribution is 2.25. The fraction of sp³-hybridized carbons (Fsp3) is 0.333. The summed E-state index contributed by atoms with van der Waals surface area (Å²) in [5, 5.41) is 15.6. The Kier molecular flexibility index (Phi) is 5.08. The second kappa shape index (κ2) is 7.03. The molecule has 0 amide bonds. The average molecular weight is 271 g/mol. The molecule has 0 aliphatic heterocycles. The summed E-state index contributed by atoms with van der Waals surface area (Å²) in [6.07, 6.45) is 3.25. The van der Waals surface area contributed by atoms with Crippen LogP contribution in [0.5, 0.6) is 0 Å². The van der Waals surface area contributed by atoms with Crippen LogP contribution in [-0.2, 0) is 0 Å². The van der Waals surface area contributed by atoms with Crippen molar-refractivity contribution in [2.45, 2.75) is 31.8 Å². The Bertz CT molecular complexity index is 516. The van der Waals surface area contributed by atoms with Crippen molar-refractivity contribution >= 4 is 11.3 Å². The van der Waals surface area contributed by atoms with Gasteiger partial charge in [0.15, 0.2) is 0 Å². The van der Waals surface area contributed by atoms with Gasteiger partial charge in [0.2, 0.25) is 0 Å². The van der Waals surface area contributed by atoms with Gasteiger partial charge in [-0.3, -0.25) is 0 Å². The monoisotopic (exact) mass is 271 g/mol. The normalized spacial score (nSPS) is 13.7. The maximum Gasteiger partial charge on any atom is 0.109 e. The molecule has 1 N–H and O–H groups in total.